The summed E-state index contributed by atoms with van der Waals surface area (Å²) in [6.07, 6.45) is -9.09. The number of carbonyl (C=O) groups is 1. The van der Waals surface area contributed by atoms with Gasteiger partial charge in [0.1, 0.15) is 0 Å². The van der Waals surface area contributed by atoms with Crippen LogP contribution in [-0.2, 0) is 4.79 Å². The first-order chi connectivity index (χ1) is 8.41. The highest BCUT2D eigenvalue weighted by molar-refractivity contribution is 5.71. The number of carboxylic acids is 1. The molecule has 0 bridgehead atoms. The highest BCUT2D eigenvalue weighted by Crippen LogP contribution is 2.25. The van der Waals surface area contributed by atoms with E-state index in [2.05, 4.69) is 11.5 Å². The normalized spacial score (nSPS) is 14.4. The molecule has 5 nitrogen and oxygen atoms in total. The Balaban J connectivity index is -0.000000277. The molecule has 0 aromatic rings. The maximum Gasteiger partial charge on any atom is 0.403 e. The molecule has 0 saturated carbocycles. The third-order valence-electron chi connectivity index (χ3n) is 1.90. The molecule has 20 heavy (non-hydrogen) atoms. The smallest absolute Gasteiger partial charge is 0.403 e. The van der Waals surface area contributed by atoms with Crippen molar-refractivity contribution in [1.82, 2.24) is 0 Å². The monoisotopic (exact) mass is 316 g/mol. The summed E-state index contributed by atoms with van der Waals surface area (Å²) >= 11 is 0. The third-order valence-corrected chi connectivity index (χ3v) is 1.90. The van der Waals surface area contributed by atoms with Crippen LogP contribution in [0.5, 0.6) is 0 Å². The standard InChI is InChI=1S/C4H6F3NO2.C4H8F3NO.CH4/c5-4(6,7)2(1-8)3(9)10;5-4(6,7)3(1-8)2-9;/h2H,1,8H2,(H,9,10);3,9H,1-2,8H2;1H4. The zero-order valence-electron chi connectivity index (χ0n) is 9.50. The quantitative estimate of drug-likeness (QED) is 0.578. The van der Waals surface area contributed by atoms with Gasteiger partial charge < -0.3 is 21.7 Å². The fourth-order valence-electron chi connectivity index (χ4n) is 0.686. The first kappa shape index (κ1) is 24.0. The van der Waals surface area contributed by atoms with Crippen molar-refractivity contribution in [3.8, 4) is 0 Å². The van der Waals surface area contributed by atoms with Crippen LogP contribution in [0.1, 0.15) is 7.43 Å². The summed E-state index contributed by atoms with van der Waals surface area (Å²) in [5.74, 6) is -6.14. The molecule has 0 heterocycles. The predicted molar refractivity (Wildman–Crippen MR) is 58.7 cm³/mol. The van der Waals surface area contributed by atoms with Crippen LogP contribution in [0.2, 0.25) is 0 Å². The Kier molecular flexibility index (Phi) is 11.7. The van der Waals surface area contributed by atoms with Gasteiger partial charge in [-0.15, -0.1) is 0 Å². The molecule has 0 aliphatic carbocycles. The third kappa shape index (κ3) is 9.81. The molecule has 11 heteroatoms. The molecular formula is C9H18F6N2O3. The van der Waals surface area contributed by atoms with Crippen molar-refractivity contribution in [3.05, 3.63) is 0 Å². The number of halogens is 6. The number of aliphatic carboxylic acids is 1. The molecule has 2 unspecified atom stereocenters. The van der Waals surface area contributed by atoms with Gasteiger partial charge in [-0.05, 0) is 0 Å². The molecule has 0 radical (unpaired) electrons. The Morgan fingerprint density at radius 1 is 1.00 bits per heavy atom. The molecule has 6 N–H and O–H groups in total. The Morgan fingerprint density at radius 2 is 1.40 bits per heavy atom. The number of rotatable bonds is 4. The summed E-state index contributed by atoms with van der Waals surface area (Å²) in [5.41, 5.74) is 9.25. The fourth-order valence-corrected chi connectivity index (χ4v) is 0.686. The van der Waals surface area contributed by atoms with Crippen LogP contribution in [0.4, 0.5) is 26.3 Å². The zero-order chi connectivity index (χ0) is 15.9. The van der Waals surface area contributed by atoms with Crippen LogP contribution in [0, 0.1) is 11.8 Å². The molecule has 2 atom stereocenters. The zero-order valence-corrected chi connectivity index (χ0v) is 9.50. The maximum absolute atomic E-state index is 11.5. The maximum atomic E-state index is 11.5. The SMILES string of the molecule is C.NCC(C(=O)O)C(F)(F)F.NCC(CO)C(F)(F)F. The van der Waals surface area contributed by atoms with Crippen molar-refractivity contribution in [3.63, 3.8) is 0 Å². The lowest BCUT2D eigenvalue weighted by atomic mass is 10.1. The Labute approximate surface area is 111 Å². The molecule has 0 aromatic carbocycles. The summed E-state index contributed by atoms with van der Waals surface area (Å²) < 4.78 is 69.0. The summed E-state index contributed by atoms with van der Waals surface area (Å²) in [4.78, 5) is 9.78. The van der Waals surface area contributed by atoms with Crippen LogP contribution in [-0.4, -0.2) is 48.2 Å². The van der Waals surface area contributed by atoms with Gasteiger partial charge in [-0.3, -0.25) is 4.79 Å². The van der Waals surface area contributed by atoms with E-state index in [1.54, 1.807) is 0 Å². The predicted octanol–water partition coefficient (Wildman–Crippen LogP) is 0.960. The second kappa shape index (κ2) is 9.77. The topological polar surface area (TPSA) is 110 Å². The second-order valence-electron chi connectivity index (χ2n) is 3.32. The van der Waals surface area contributed by atoms with Gasteiger partial charge in [0, 0.05) is 13.1 Å². The molecular weight excluding hydrogens is 298 g/mol. The number of hydrogen-bond donors (Lipinski definition) is 4. The van der Waals surface area contributed by atoms with E-state index in [4.69, 9.17) is 10.2 Å². The fraction of sp³-hybridized carbons (Fsp3) is 0.889. The lowest BCUT2D eigenvalue weighted by molar-refractivity contribution is -0.191. The van der Waals surface area contributed by atoms with Gasteiger partial charge in [-0.25, -0.2) is 0 Å². The van der Waals surface area contributed by atoms with Crippen molar-refractivity contribution in [2.24, 2.45) is 23.3 Å². The highest BCUT2D eigenvalue weighted by atomic mass is 19.4. The minimum atomic E-state index is -4.74. The highest BCUT2D eigenvalue weighted by Gasteiger charge is 2.43. The van der Waals surface area contributed by atoms with Gasteiger partial charge in [0.2, 0.25) is 0 Å². The van der Waals surface area contributed by atoms with Gasteiger partial charge in [0.05, 0.1) is 12.5 Å². The van der Waals surface area contributed by atoms with Gasteiger partial charge >= 0.3 is 18.3 Å². The minimum absolute atomic E-state index is 0. The van der Waals surface area contributed by atoms with E-state index < -0.39 is 49.9 Å². The summed E-state index contributed by atoms with van der Waals surface area (Å²) in [6.45, 7) is -2.40. The van der Waals surface area contributed by atoms with Gasteiger partial charge in [0.15, 0.2) is 5.92 Å². The second-order valence-corrected chi connectivity index (χ2v) is 3.32. The Bertz CT molecular complexity index is 265. The van der Waals surface area contributed by atoms with Crippen molar-refractivity contribution in [2.45, 2.75) is 19.8 Å². The summed E-state index contributed by atoms with van der Waals surface area (Å²) in [6, 6.07) is 0. The van der Waals surface area contributed by atoms with E-state index in [1.165, 1.54) is 0 Å². The van der Waals surface area contributed by atoms with E-state index in [9.17, 15) is 31.1 Å². The molecule has 0 saturated heterocycles. The van der Waals surface area contributed by atoms with Crippen molar-refractivity contribution in [1.29, 1.82) is 0 Å². The lowest BCUT2D eigenvalue weighted by Crippen LogP contribution is -2.36. The molecule has 0 aromatic heterocycles. The van der Waals surface area contributed by atoms with Gasteiger partial charge in [-0.1, -0.05) is 7.43 Å². The molecule has 0 spiro atoms. The van der Waals surface area contributed by atoms with E-state index >= 15 is 0 Å². The minimum Gasteiger partial charge on any atom is -0.481 e. The van der Waals surface area contributed by atoms with E-state index in [0.29, 0.717) is 0 Å². The van der Waals surface area contributed by atoms with E-state index in [-0.39, 0.29) is 7.43 Å². The van der Waals surface area contributed by atoms with Gasteiger partial charge in [-0.2, -0.15) is 26.3 Å². The molecule has 0 amide bonds. The molecule has 0 rings (SSSR count). The average molecular weight is 316 g/mol. The summed E-state index contributed by atoms with van der Waals surface area (Å²) in [5, 5.41) is 16.0. The molecule has 0 aliphatic heterocycles. The first-order valence-corrected chi connectivity index (χ1v) is 4.79. The van der Waals surface area contributed by atoms with Crippen molar-refractivity contribution >= 4 is 5.97 Å². The number of aliphatic hydroxyl groups excluding tert-OH is 1. The molecule has 124 valence electrons. The van der Waals surface area contributed by atoms with Crippen molar-refractivity contribution < 1.29 is 41.4 Å². The van der Waals surface area contributed by atoms with Crippen LogP contribution in [0.15, 0.2) is 0 Å². The average Bonchev–Trinajstić information content (AvgIpc) is 2.15. The Hall–Kier alpha value is -1.07. The number of hydrogen-bond acceptors (Lipinski definition) is 4. The van der Waals surface area contributed by atoms with Crippen LogP contribution >= 0.6 is 0 Å². The first-order valence-electron chi connectivity index (χ1n) is 4.79. The largest absolute Gasteiger partial charge is 0.481 e. The number of alkyl halides is 6. The number of aliphatic hydroxyl groups is 1. The van der Waals surface area contributed by atoms with E-state index in [0.717, 1.165) is 0 Å². The molecule has 0 fully saturated rings. The summed E-state index contributed by atoms with van der Waals surface area (Å²) in [7, 11) is 0. The number of carboxylic acid groups (broad SMARTS) is 1. The van der Waals surface area contributed by atoms with Gasteiger partial charge in [0.25, 0.3) is 0 Å². The lowest BCUT2D eigenvalue weighted by Gasteiger charge is -2.14. The van der Waals surface area contributed by atoms with Crippen LogP contribution in [0.25, 0.3) is 0 Å². The van der Waals surface area contributed by atoms with Crippen molar-refractivity contribution in [2.75, 3.05) is 19.7 Å². The van der Waals surface area contributed by atoms with Crippen LogP contribution in [0.3, 0.4) is 0 Å². The van der Waals surface area contributed by atoms with Crippen LogP contribution < -0.4 is 11.5 Å². The number of nitrogens with two attached hydrogens (primary N) is 2. The molecule has 0 aliphatic rings. The Morgan fingerprint density at radius 3 is 1.40 bits per heavy atom. The van der Waals surface area contributed by atoms with E-state index in [1.807, 2.05) is 0 Å².